The van der Waals surface area contributed by atoms with Crippen LogP contribution in [-0.2, 0) is 16.1 Å². The van der Waals surface area contributed by atoms with Gasteiger partial charge in [0.15, 0.2) is 5.78 Å². The maximum atomic E-state index is 11.3. The van der Waals surface area contributed by atoms with Gasteiger partial charge in [-0.05, 0) is 11.6 Å². The monoisotopic (exact) mass is 218 g/mol. The number of benzene rings is 1. The summed E-state index contributed by atoms with van der Waals surface area (Å²) >= 11 is 0. The SMILES string of the molecule is O=C1C=C[C@H](O)[C@H]1COCc1ccccc1. The van der Waals surface area contributed by atoms with E-state index in [1.807, 2.05) is 30.3 Å². The van der Waals surface area contributed by atoms with E-state index in [1.165, 1.54) is 12.2 Å². The summed E-state index contributed by atoms with van der Waals surface area (Å²) in [5, 5.41) is 9.47. The molecule has 0 aliphatic heterocycles. The van der Waals surface area contributed by atoms with E-state index >= 15 is 0 Å². The molecular formula is C13H14O3. The molecule has 3 nitrogen and oxygen atoms in total. The standard InChI is InChI=1S/C13H14O3/c14-12-6-7-13(15)11(12)9-16-8-10-4-2-1-3-5-10/h1-7,11-12,14H,8-9H2/t11-,12+/m1/s1. The number of aliphatic hydroxyl groups excluding tert-OH is 1. The summed E-state index contributed by atoms with van der Waals surface area (Å²) in [7, 11) is 0. The van der Waals surface area contributed by atoms with E-state index in [2.05, 4.69) is 0 Å². The average molecular weight is 218 g/mol. The Labute approximate surface area is 94.4 Å². The van der Waals surface area contributed by atoms with E-state index in [4.69, 9.17) is 4.74 Å². The molecule has 0 unspecified atom stereocenters. The van der Waals surface area contributed by atoms with Crippen LogP contribution in [0.2, 0.25) is 0 Å². The fourth-order valence-corrected chi connectivity index (χ4v) is 1.68. The third-order valence-electron chi connectivity index (χ3n) is 2.64. The Balaban J connectivity index is 1.79. The van der Waals surface area contributed by atoms with E-state index in [0.29, 0.717) is 6.61 Å². The average Bonchev–Trinajstić information content (AvgIpc) is 2.62. The minimum Gasteiger partial charge on any atom is -0.388 e. The highest BCUT2D eigenvalue weighted by atomic mass is 16.5. The van der Waals surface area contributed by atoms with Crippen molar-refractivity contribution in [3.05, 3.63) is 48.0 Å². The lowest BCUT2D eigenvalue weighted by Crippen LogP contribution is -2.25. The van der Waals surface area contributed by atoms with Crippen molar-refractivity contribution in [3.63, 3.8) is 0 Å². The van der Waals surface area contributed by atoms with Crippen LogP contribution in [-0.4, -0.2) is 23.6 Å². The van der Waals surface area contributed by atoms with Gasteiger partial charge in [0, 0.05) is 0 Å². The third kappa shape index (κ3) is 2.56. The normalized spacial score (nSPS) is 23.9. The molecule has 0 bridgehead atoms. The van der Waals surface area contributed by atoms with E-state index < -0.39 is 12.0 Å². The molecule has 2 rings (SSSR count). The summed E-state index contributed by atoms with van der Waals surface area (Å²) in [6.45, 7) is 0.735. The van der Waals surface area contributed by atoms with Crippen LogP contribution in [0.5, 0.6) is 0 Å². The number of ketones is 1. The molecule has 0 radical (unpaired) electrons. The molecule has 0 fully saturated rings. The van der Waals surface area contributed by atoms with Crippen LogP contribution in [0.25, 0.3) is 0 Å². The fourth-order valence-electron chi connectivity index (χ4n) is 1.68. The lowest BCUT2D eigenvalue weighted by Gasteiger charge is -2.13. The van der Waals surface area contributed by atoms with Gasteiger partial charge in [-0.3, -0.25) is 4.79 Å². The van der Waals surface area contributed by atoms with Gasteiger partial charge in [-0.15, -0.1) is 0 Å². The summed E-state index contributed by atoms with van der Waals surface area (Å²) in [5.74, 6) is -0.482. The molecule has 1 aliphatic carbocycles. The molecule has 0 aromatic heterocycles. The predicted octanol–water partition coefficient (Wildman–Crippen LogP) is 1.32. The van der Waals surface area contributed by atoms with E-state index in [1.54, 1.807) is 0 Å². The van der Waals surface area contributed by atoms with Crippen LogP contribution >= 0.6 is 0 Å². The molecule has 1 aromatic rings. The van der Waals surface area contributed by atoms with Crippen molar-refractivity contribution in [2.75, 3.05) is 6.61 Å². The third-order valence-corrected chi connectivity index (χ3v) is 2.64. The van der Waals surface area contributed by atoms with Crippen LogP contribution < -0.4 is 0 Å². The highest BCUT2D eigenvalue weighted by molar-refractivity contribution is 5.95. The van der Waals surface area contributed by atoms with Crippen LogP contribution in [0.1, 0.15) is 5.56 Å². The minimum atomic E-state index is -0.691. The lowest BCUT2D eigenvalue weighted by molar-refractivity contribution is -0.121. The molecular weight excluding hydrogens is 204 g/mol. The van der Waals surface area contributed by atoms with Crippen molar-refractivity contribution in [2.45, 2.75) is 12.7 Å². The zero-order valence-electron chi connectivity index (χ0n) is 8.87. The highest BCUT2D eigenvalue weighted by Gasteiger charge is 2.28. The molecule has 3 heteroatoms. The molecule has 84 valence electrons. The Kier molecular flexibility index (Phi) is 3.49. The summed E-state index contributed by atoms with van der Waals surface area (Å²) in [6.07, 6.45) is 2.24. The number of hydrogen-bond donors (Lipinski definition) is 1. The second kappa shape index (κ2) is 5.05. The van der Waals surface area contributed by atoms with Crippen LogP contribution in [0.3, 0.4) is 0 Å². The fraction of sp³-hybridized carbons (Fsp3) is 0.308. The first kappa shape index (κ1) is 11.0. The largest absolute Gasteiger partial charge is 0.388 e. The molecule has 0 spiro atoms. The molecule has 0 saturated heterocycles. The predicted molar refractivity (Wildman–Crippen MR) is 59.7 cm³/mol. The molecule has 2 atom stereocenters. The summed E-state index contributed by atoms with van der Waals surface area (Å²) < 4.78 is 5.42. The van der Waals surface area contributed by atoms with E-state index in [9.17, 15) is 9.90 Å². The zero-order chi connectivity index (χ0) is 11.4. The lowest BCUT2D eigenvalue weighted by atomic mass is 10.1. The number of carbonyl (C=O) groups excluding carboxylic acids is 1. The molecule has 0 amide bonds. The van der Waals surface area contributed by atoms with Crippen LogP contribution in [0.4, 0.5) is 0 Å². The highest BCUT2D eigenvalue weighted by Crippen LogP contribution is 2.16. The smallest absolute Gasteiger partial charge is 0.163 e. The van der Waals surface area contributed by atoms with Gasteiger partial charge in [0.25, 0.3) is 0 Å². The Morgan fingerprint density at radius 2 is 2.00 bits per heavy atom. The Morgan fingerprint density at radius 1 is 1.25 bits per heavy atom. The van der Waals surface area contributed by atoms with Gasteiger partial charge in [-0.2, -0.15) is 0 Å². The van der Waals surface area contributed by atoms with Crippen molar-refractivity contribution in [1.29, 1.82) is 0 Å². The van der Waals surface area contributed by atoms with Gasteiger partial charge < -0.3 is 9.84 Å². The van der Waals surface area contributed by atoms with E-state index in [-0.39, 0.29) is 12.4 Å². The Morgan fingerprint density at radius 3 is 2.62 bits per heavy atom. The molecule has 0 saturated carbocycles. The Hall–Kier alpha value is -1.45. The van der Waals surface area contributed by atoms with Crippen molar-refractivity contribution < 1.29 is 14.6 Å². The maximum Gasteiger partial charge on any atom is 0.163 e. The Bertz CT molecular complexity index is 383. The topological polar surface area (TPSA) is 46.5 Å². The van der Waals surface area contributed by atoms with Gasteiger partial charge >= 0.3 is 0 Å². The van der Waals surface area contributed by atoms with Crippen molar-refractivity contribution in [2.24, 2.45) is 5.92 Å². The van der Waals surface area contributed by atoms with Crippen molar-refractivity contribution >= 4 is 5.78 Å². The summed E-state index contributed by atoms with van der Waals surface area (Å²) in [6, 6.07) is 9.75. The summed E-state index contributed by atoms with van der Waals surface area (Å²) in [5.41, 5.74) is 1.07. The number of allylic oxidation sites excluding steroid dienone is 1. The van der Waals surface area contributed by atoms with Gasteiger partial charge in [-0.1, -0.05) is 36.4 Å². The number of rotatable bonds is 4. The van der Waals surface area contributed by atoms with E-state index in [0.717, 1.165) is 5.56 Å². The van der Waals surface area contributed by atoms with Crippen LogP contribution in [0, 0.1) is 5.92 Å². The number of aliphatic hydroxyl groups is 1. The first-order valence-electron chi connectivity index (χ1n) is 5.29. The quantitative estimate of drug-likeness (QED) is 0.829. The maximum absolute atomic E-state index is 11.3. The van der Waals surface area contributed by atoms with Gasteiger partial charge in [-0.25, -0.2) is 0 Å². The number of carbonyl (C=O) groups is 1. The van der Waals surface area contributed by atoms with Gasteiger partial charge in [0.1, 0.15) is 0 Å². The molecule has 1 N–H and O–H groups in total. The first-order chi connectivity index (χ1) is 7.77. The van der Waals surface area contributed by atoms with Gasteiger partial charge in [0.05, 0.1) is 25.2 Å². The molecule has 1 aromatic carbocycles. The van der Waals surface area contributed by atoms with Gasteiger partial charge in [0.2, 0.25) is 0 Å². The molecule has 16 heavy (non-hydrogen) atoms. The molecule has 1 aliphatic rings. The summed E-state index contributed by atoms with van der Waals surface area (Å²) in [4.78, 5) is 11.3. The molecule has 0 heterocycles. The first-order valence-corrected chi connectivity index (χ1v) is 5.29. The second-order valence-corrected chi connectivity index (χ2v) is 3.86. The number of hydrogen-bond acceptors (Lipinski definition) is 3. The second-order valence-electron chi connectivity index (χ2n) is 3.86. The van der Waals surface area contributed by atoms with Crippen LogP contribution in [0.15, 0.2) is 42.5 Å². The number of ether oxygens (including phenoxy) is 1. The minimum absolute atomic E-state index is 0.0550. The zero-order valence-corrected chi connectivity index (χ0v) is 8.87. The van der Waals surface area contributed by atoms with Crippen molar-refractivity contribution in [3.8, 4) is 0 Å². The van der Waals surface area contributed by atoms with Crippen molar-refractivity contribution in [1.82, 2.24) is 0 Å².